The molecule has 128 valence electrons. The molecular formula is C19H21N5O. The SMILES string of the molecule is CCCCc1c(C(N)=O)nn(-c2cccnc2)c1-c1ccc(C)cn1. The number of pyridine rings is 2. The number of unbranched alkanes of at least 4 members (excludes halogenated alkanes) is 1. The van der Waals surface area contributed by atoms with Gasteiger partial charge in [0.2, 0.25) is 0 Å². The maximum Gasteiger partial charge on any atom is 0.269 e. The number of nitrogens with two attached hydrogens (primary N) is 1. The summed E-state index contributed by atoms with van der Waals surface area (Å²) in [6, 6.07) is 7.67. The summed E-state index contributed by atoms with van der Waals surface area (Å²) in [5.41, 5.74) is 10.1. The van der Waals surface area contributed by atoms with Crippen LogP contribution in [0.15, 0.2) is 42.9 Å². The largest absolute Gasteiger partial charge is 0.364 e. The summed E-state index contributed by atoms with van der Waals surface area (Å²) in [5.74, 6) is -0.526. The van der Waals surface area contributed by atoms with Gasteiger partial charge in [0.15, 0.2) is 5.69 Å². The first-order chi connectivity index (χ1) is 12.1. The molecule has 0 aliphatic carbocycles. The van der Waals surface area contributed by atoms with E-state index >= 15 is 0 Å². The van der Waals surface area contributed by atoms with E-state index in [1.165, 1.54) is 0 Å². The first kappa shape index (κ1) is 16.8. The zero-order valence-electron chi connectivity index (χ0n) is 14.4. The van der Waals surface area contributed by atoms with Crippen molar-refractivity contribution in [3.8, 4) is 17.1 Å². The maximum absolute atomic E-state index is 12.0. The Balaban J connectivity index is 2.26. The van der Waals surface area contributed by atoms with E-state index in [4.69, 9.17) is 5.73 Å². The maximum atomic E-state index is 12.0. The summed E-state index contributed by atoms with van der Waals surface area (Å²) in [7, 11) is 0. The minimum atomic E-state index is -0.526. The van der Waals surface area contributed by atoms with Crippen LogP contribution in [-0.2, 0) is 6.42 Å². The Morgan fingerprint density at radius 1 is 1.24 bits per heavy atom. The molecule has 0 unspecified atom stereocenters. The highest BCUT2D eigenvalue weighted by atomic mass is 16.1. The lowest BCUT2D eigenvalue weighted by Gasteiger charge is -2.09. The molecule has 3 heterocycles. The van der Waals surface area contributed by atoms with Gasteiger partial charge >= 0.3 is 0 Å². The summed E-state index contributed by atoms with van der Waals surface area (Å²) in [4.78, 5) is 20.7. The van der Waals surface area contributed by atoms with Crippen molar-refractivity contribution in [2.75, 3.05) is 0 Å². The van der Waals surface area contributed by atoms with Gasteiger partial charge in [0.25, 0.3) is 5.91 Å². The second kappa shape index (κ2) is 7.25. The van der Waals surface area contributed by atoms with Crippen molar-refractivity contribution in [3.63, 3.8) is 0 Å². The van der Waals surface area contributed by atoms with Gasteiger partial charge in [-0.2, -0.15) is 5.10 Å². The molecule has 0 saturated carbocycles. The van der Waals surface area contributed by atoms with Crippen LogP contribution in [0.5, 0.6) is 0 Å². The molecule has 0 radical (unpaired) electrons. The van der Waals surface area contributed by atoms with E-state index in [0.717, 1.165) is 47.5 Å². The van der Waals surface area contributed by atoms with Crippen molar-refractivity contribution in [2.24, 2.45) is 5.73 Å². The molecule has 6 heteroatoms. The van der Waals surface area contributed by atoms with Gasteiger partial charge in [-0.15, -0.1) is 0 Å². The molecule has 0 fully saturated rings. The number of aryl methyl sites for hydroxylation is 1. The van der Waals surface area contributed by atoms with Crippen molar-refractivity contribution < 1.29 is 4.79 Å². The molecule has 0 aliphatic heterocycles. The molecule has 3 aromatic heterocycles. The number of carbonyl (C=O) groups is 1. The Hall–Kier alpha value is -3.02. The third kappa shape index (κ3) is 3.42. The van der Waals surface area contributed by atoms with Gasteiger partial charge < -0.3 is 5.73 Å². The lowest BCUT2D eigenvalue weighted by Crippen LogP contribution is -2.14. The van der Waals surface area contributed by atoms with Crippen LogP contribution in [0.1, 0.15) is 41.4 Å². The van der Waals surface area contributed by atoms with E-state index in [-0.39, 0.29) is 0 Å². The Kier molecular flexibility index (Phi) is 4.88. The van der Waals surface area contributed by atoms with Crippen LogP contribution in [0.4, 0.5) is 0 Å². The van der Waals surface area contributed by atoms with Crippen LogP contribution in [0.3, 0.4) is 0 Å². The number of rotatable bonds is 6. The molecule has 6 nitrogen and oxygen atoms in total. The molecule has 0 saturated heterocycles. The fraction of sp³-hybridized carbons (Fsp3) is 0.263. The normalized spacial score (nSPS) is 10.8. The van der Waals surface area contributed by atoms with E-state index < -0.39 is 5.91 Å². The van der Waals surface area contributed by atoms with E-state index in [2.05, 4.69) is 22.0 Å². The van der Waals surface area contributed by atoms with Gasteiger partial charge in [-0.05, 0) is 43.5 Å². The molecular weight excluding hydrogens is 314 g/mol. The van der Waals surface area contributed by atoms with E-state index in [1.807, 2.05) is 37.4 Å². The fourth-order valence-electron chi connectivity index (χ4n) is 2.78. The Labute approximate surface area is 146 Å². The molecule has 0 bridgehead atoms. The van der Waals surface area contributed by atoms with Crippen molar-refractivity contribution in [1.29, 1.82) is 0 Å². The average Bonchev–Trinajstić information content (AvgIpc) is 3.01. The number of amides is 1. The van der Waals surface area contributed by atoms with Crippen LogP contribution in [0.2, 0.25) is 0 Å². The third-order valence-electron chi connectivity index (χ3n) is 4.04. The van der Waals surface area contributed by atoms with Crippen molar-refractivity contribution in [2.45, 2.75) is 33.1 Å². The summed E-state index contributed by atoms with van der Waals surface area (Å²) in [6.07, 6.45) is 7.89. The third-order valence-corrected chi connectivity index (χ3v) is 4.04. The molecule has 0 atom stereocenters. The van der Waals surface area contributed by atoms with Crippen molar-refractivity contribution >= 4 is 5.91 Å². The molecule has 2 N–H and O–H groups in total. The first-order valence-corrected chi connectivity index (χ1v) is 8.37. The van der Waals surface area contributed by atoms with Crippen LogP contribution in [0, 0.1) is 6.92 Å². The molecule has 0 aromatic carbocycles. The Bertz CT molecular complexity index is 869. The highest BCUT2D eigenvalue weighted by Gasteiger charge is 2.23. The van der Waals surface area contributed by atoms with Crippen molar-refractivity contribution in [3.05, 3.63) is 59.7 Å². The second-order valence-corrected chi connectivity index (χ2v) is 5.99. The van der Waals surface area contributed by atoms with Gasteiger partial charge in [0.1, 0.15) is 0 Å². The second-order valence-electron chi connectivity index (χ2n) is 5.99. The predicted molar refractivity (Wildman–Crippen MR) is 96.5 cm³/mol. The van der Waals surface area contributed by atoms with Crippen LogP contribution in [0.25, 0.3) is 17.1 Å². The zero-order valence-corrected chi connectivity index (χ0v) is 14.4. The monoisotopic (exact) mass is 335 g/mol. The van der Waals surface area contributed by atoms with Gasteiger partial charge in [0.05, 0.1) is 23.3 Å². The Morgan fingerprint density at radius 2 is 2.08 bits per heavy atom. The number of nitrogens with zero attached hydrogens (tertiary/aromatic N) is 4. The number of primary amides is 1. The summed E-state index contributed by atoms with van der Waals surface area (Å²) < 4.78 is 1.72. The predicted octanol–water partition coefficient (Wildman–Crippen LogP) is 3.08. The number of aromatic nitrogens is 4. The van der Waals surface area contributed by atoms with E-state index in [9.17, 15) is 4.79 Å². The topological polar surface area (TPSA) is 86.7 Å². The lowest BCUT2D eigenvalue weighted by atomic mass is 10.0. The molecule has 0 aliphatic rings. The first-order valence-electron chi connectivity index (χ1n) is 8.37. The van der Waals surface area contributed by atoms with Gasteiger partial charge in [-0.3, -0.25) is 14.8 Å². The summed E-state index contributed by atoms with van der Waals surface area (Å²) >= 11 is 0. The summed E-state index contributed by atoms with van der Waals surface area (Å²) in [6.45, 7) is 4.10. The zero-order chi connectivity index (χ0) is 17.8. The highest BCUT2D eigenvalue weighted by molar-refractivity contribution is 5.94. The van der Waals surface area contributed by atoms with Crippen LogP contribution < -0.4 is 5.73 Å². The lowest BCUT2D eigenvalue weighted by molar-refractivity contribution is 0.0994. The average molecular weight is 335 g/mol. The number of hydrogen-bond donors (Lipinski definition) is 1. The molecule has 3 rings (SSSR count). The number of hydrogen-bond acceptors (Lipinski definition) is 4. The molecule has 1 amide bonds. The molecule has 0 spiro atoms. The Morgan fingerprint density at radius 3 is 2.68 bits per heavy atom. The van der Waals surface area contributed by atoms with Gasteiger partial charge in [-0.25, -0.2) is 4.68 Å². The molecule has 3 aromatic rings. The fourth-order valence-corrected chi connectivity index (χ4v) is 2.78. The number of carbonyl (C=O) groups excluding carboxylic acids is 1. The minimum Gasteiger partial charge on any atom is -0.364 e. The van der Waals surface area contributed by atoms with Gasteiger partial charge in [0, 0.05) is 18.0 Å². The minimum absolute atomic E-state index is 0.301. The quantitative estimate of drug-likeness (QED) is 0.750. The smallest absolute Gasteiger partial charge is 0.269 e. The summed E-state index contributed by atoms with van der Waals surface area (Å²) in [5, 5.41) is 4.49. The standard InChI is InChI=1S/C19H21N5O/c1-3-4-7-15-17(19(20)25)23-24(14-6-5-10-21-12-14)18(15)16-9-8-13(2)11-22-16/h5-6,8-12H,3-4,7H2,1-2H3,(H2,20,25). The van der Waals surface area contributed by atoms with E-state index in [0.29, 0.717) is 5.69 Å². The van der Waals surface area contributed by atoms with Crippen molar-refractivity contribution in [1.82, 2.24) is 19.7 Å². The van der Waals surface area contributed by atoms with E-state index in [1.54, 1.807) is 17.1 Å². The van der Waals surface area contributed by atoms with Crippen LogP contribution >= 0.6 is 0 Å². The molecule has 25 heavy (non-hydrogen) atoms. The highest BCUT2D eigenvalue weighted by Crippen LogP contribution is 2.29. The van der Waals surface area contributed by atoms with Gasteiger partial charge in [-0.1, -0.05) is 19.4 Å². The van der Waals surface area contributed by atoms with Crippen LogP contribution in [-0.4, -0.2) is 25.7 Å².